The highest BCUT2D eigenvalue weighted by molar-refractivity contribution is 6.13. The summed E-state index contributed by atoms with van der Waals surface area (Å²) < 4.78 is 5.90. The Hall–Kier alpha value is -2.67. The van der Waals surface area contributed by atoms with Crippen molar-refractivity contribution in [2.45, 2.75) is 51.0 Å². The number of Topliss-reactive ketones (excluding diaryl/α,β-unsaturated/α-hetero) is 1. The highest BCUT2D eigenvalue weighted by Gasteiger charge is 2.25. The zero-order valence-electron chi connectivity index (χ0n) is 15.9. The summed E-state index contributed by atoms with van der Waals surface area (Å²) in [7, 11) is 0. The number of carbonyl (C=O) groups is 2. The van der Waals surface area contributed by atoms with Crippen molar-refractivity contribution in [3.63, 3.8) is 0 Å². The standard InChI is InChI=1S/C21H26N4O3/c26-18-6-2-1-5-16-20(18)15(12-24-16)21(27)25-17-13-22-10-7-19(17)28-11-8-14-4-3-9-23-14/h7,10,12-14,23-24H,1-6,8-9,11H2,(H,25,27). The third kappa shape index (κ3) is 4.09. The van der Waals surface area contributed by atoms with E-state index in [1.165, 1.54) is 12.8 Å². The number of hydrogen-bond acceptors (Lipinski definition) is 5. The summed E-state index contributed by atoms with van der Waals surface area (Å²) in [6.45, 7) is 1.64. The molecule has 0 bridgehead atoms. The van der Waals surface area contributed by atoms with E-state index in [-0.39, 0.29) is 11.7 Å². The van der Waals surface area contributed by atoms with Crippen LogP contribution in [-0.4, -0.2) is 40.9 Å². The van der Waals surface area contributed by atoms with Crippen molar-refractivity contribution < 1.29 is 14.3 Å². The maximum absolute atomic E-state index is 12.9. The lowest BCUT2D eigenvalue weighted by molar-refractivity contribution is 0.0965. The number of nitrogens with one attached hydrogen (secondary N) is 3. The van der Waals surface area contributed by atoms with Gasteiger partial charge in [0.15, 0.2) is 5.78 Å². The van der Waals surface area contributed by atoms with Gasteiger partial charge in [0.05, 0.1) is 23.9 Å². The van der Waals surface area contributed by atoms with E-state index in [0.717, 1.165) is 37.9 Å². The molecule has 1 aliphatic heterocycles. The van der Waals surface area contributed by atoms with Gasteiger partial charge in [0.2, 0.25) is 0 Å². The molecule has 0 aromatic carbocycles. The molecular weight excluding hydrogens is 356 g/mol. The minimum Gasteiger partial charge on any atom is -0.491 e. The monoisotopic (exact) mass is 382 g/mol. The Balaban J connectivity index is 1.45. The Kier molecular flexibility index (Phi) is 5.71. The molecule has 1 saturated heterocycles. The van der Waals surface area contributed by atoms with E-state index >= 15 is 0 Å². The van der Waals surface area contributed by atoms with Gasteiger partial charge in [-0.3, -0.25) is 14.6 Å². The predicted octanol–water partition coefficient (Wildman–Crippen LogP) is 3.09. The molecule has 28 heavy (non-hydrogen) atoms. The van der Waals surface area contributed by atoms with E-state index in [4.69, 9.17) is 4.74 Å². The van der Waals surface area contributed by atoms with Gasteiger partial charge in [0.25, 0.3) is 5.91 Å². The van der Waals surface area contributed by atoms with Crippen LogP contribution in [0.5, 0.6) is 5.75 Å². The second kappa shape index (κ2) is 8.56. The van der Waals surface area contributed by atoms with Crippen LogP contribution in [0.15, 0.2) is 24.7 Å². The van der Waals surface area contributed by atoms with Gasteiger partial charge in [-0.15, -0.1) is 0 Å². The fourth-order valence-electron chi connectivity index (χ4n) is 3.98. The number of ether oxygens (including phenoxy) is 1. The number of H-pyrrole nitrogens is 1. The lowest BCUT2D eigenvalue weighted by Crippen LogP contribution is -2.23. The smallest absolute Gasteiger partial charge is 0.258 e. The maximum Gasteiger partial charge on any atom is 0.258 e. The maximum atomic E-state index is 12.9. The number of rotatable bonds is 6. The second-order valence-corrected chi connectivity index (χ2v) is 7.44. The number of carbonyl (C=O) groups excluding carboxylic acids is 2. The fourth-order valence-corrected chi connectivity index (χ4v) is 3.98. The normalized spacial score (nSPS) is 19.1. The molecule has 3 N–H and O–H groups in total. The number of pyridine rings is 1. The average Bonchev–Trinajstić information content (AvgIpc) is 3.33. The van der Waals surface area contributed by atoms with Gasteiger partial charge in [-0.25, -0.2) is 0 Å². The van der Waals surface area contributed by atoms with Crippen molar-refractivity contribution >= 4 is 17.4 Å². The Bertz CT molecular complexity index is 855. The average molecular weight is 382 g/mol. The number of ketones is 1. The summed E-state index contributed by atoms with van der Waals surface area (Å²) in [6.07, 6.45) is 11.3. The van der Waals surface area contributed by atoms with Gasteiger partial charge >= 0.3 is 0 Å². The van der Waals surface area contributed by atoms with Gasteiger partial charge in [0, 0.05) is 36.6 Å². The van der Waals surface area contributed by atoms with Crippen LogP contribution >= 0.6 is 0 Å². The zero-order chi connectivity index (χ0) is 19.3. The quantitative estimate of drug-likeness (QED) is 0.667. The van der Waals surface area contributed by atoms with Crippen molar-refractivity contribution in [2.75, 3.05) is 18.5 Å². The fraction of sp³-hybridized carbons (Fsp3) is 0.476. The van der Waals surface area contributed by atoms with E-state index in [1.807, 2.05) is 0 Å². The minimum absolute atomic E-state index is 0.0330. The van der Waals surface area contributed by atoms with Gasteiger partial charge < -0.3 is 20.4 Å². The molecule has 2 aliphatic rings. The number of amides is 1. The first kappa shape index (κ1) is 18.7. The van der Waals surface area contributed by atoms with Gasteiger partial charge in [-0.2, -0.15) is 0 Å². The van der Waals surface area contributed by atoms with Crippen LogP contribution in [0.4, 0.5) is 5.69 Å². The predicted molar refractivity (Wildman–Crippen MR) is 106 cm³/mol. The Morgan fingerprint density at radius 2 is 2.18 bits per heavy atom. The van der Waals surface area contributed by atoms with Crippen molar-refractivity contribution in [1.82, 2.24) is 15.3 Å². The van der Waals surface area contributed by atoms with Gasteiger partial charge in [-0.1, -0.05) is 0 Å². The van der Waals surface area contributed by atoms with Crippen molar-refractivity contribution in [3.05, 3.63) is 41.5 Å². The molecule has 1 fully saturated rings. The molecule has 1 amide bonds. The van der Waals surface area contributed by atoms with E-state index in [2.05, 4.69) is 20.6 Å². The lowest BCUT2D eigenvalue weighted by Gasteiger charge is -2.14. The van der Waals surface area contributed by atoms with Crippen LogP contribution in [0.2, 0.25) is 0 Å². The topological polar surface area (TPSA) is 96.1 Å². The first-order chi connectivity index (χ1) is 13.7. The van der Waals surface area contributed by atoms with Crippen LogP contribution in [0.3, 0.4) is 0 Å². The number of anilines is 1. The largest absolute Gasteiger partial charge is 0.491 e. The Morgan fingerprint density at radius 1 is 1.29 bits per heavy atom. The third-order valence-corrected chi connectivity index (χ3v) is 5.48. The molecule has 0 spiro atoms. The first-order valence-corrected chi connectivity index (χ1v) is 10.1. The number of aromatic amines is 1. The Labute approximate surface area is 164 Å². The zero-order valence-corrected chi connectivity index (χ0v) is 15.9. The molecular formula is C21H26N4O3. The summed E-state index contributed by atoms with van der Waals surface area (Å²) in [5.41, 5.74) is 2.31. The molecule has 4 rings (SSSR count). The first-order valence-electron chi connectivity index (χ1n) is 10.1. The van der Waals surface area contributed by atoms with Crippen LogP contribution in [0, 0.1) is 0 Å². The van der Waals surface area contributed by atoms with E-state index in [0.29, 0.717) is 41.6 Å². The molecule has 2 aromatic heterocycles. The summed E-state index contributed by atoms with van der Waals surface area (Å²) in [6, 6.07) is 2.25. The molecule has 148 valence electrons. The molecule has 0 saturated carbocycles. The number of aryl methyl sites for hydroxylation is 1. The van der Waals surface area contributed by atoms with Crippen molar-refractivity contribution in [3.8, 4) is 5.75 Å². The molecule has 1 unspecified atom stereocenters. The summed E-state index contributed by atoms with van der Waals surface area (Å²) >= 11 is 0. The van der Waals surface area contributed by atoms with Crippen molar-refractivity contribution in [2.24, 2.45) is 0 Å². The SMILES string of the molecule is O=C(Nc1cnccc1OCCC1CCCN1)c1c[nH]c2c1C(=O)CCCC2. The third-order valence-electron chi connectivity index (χ3n) is 5.48. The van der Waals surface area contributed by atoms with Crippen LogP contribution in [-0.2, 0) is 6.42 Å². The lowest BCUT2D eigenvalue weighted by atomic mass is 10.0. The van der Waals surface area contributed by atoms with Crippen LogP contribution in [0.25, 0.3) is 0 Å². The summed E-state index contributed by atoms with van der Waals surface area (Å²) in [5.74, 6) is 0.308. The molecule has 2 aromatic rings. The van der Waals surface area contributed by atoms with E-state index < -0.39 is 0 Å². The molecule has 7 nitrogen and oxygen atoms in total. The van der Waals surface area contributed by atoms with Crippen molar-refractivity contribution in [1.29, 1.82) is 0 Å². The number of aromatic nitrogens is 2. The number of hydrogen-bond donors (Lipinski definition) is 3. The van der Waals surface area contributed by atoms with Gasteiger partial charge in [0.1, 0.15) is 11.4 Å². The summed E-state index contributed by atoms with van der Waals surface area (Å²) in [5, 5.41) is 6.32. The minimum atomic E-state index is -0.317. The molecule has 1 aliphatic carbocycles. The number of nitrogens with zero attached hydrogens (tertiary/aromatic N) is 1. The Morgan fingerprint density at radius 3 is 3.04 bits per heavy atom. The molecule has 0 radical (unpaired) electrons. The molecule has 3 heterocycles. The highest BCUT2D eigenvalue weighted by atomic mass is 16.5. The second-order valence-electron chi connectivity index (χ2n) is 7.44. The molecule has 7 heteroatoms. The van der Waals surface area contributed by atoms with E-state index in [9.17, 15) is 9.59 Å². The molecule has 1 atom stereocenters. The highest BCUT2D eigenvalue weighted by Crippen LogP contribution is 2.27. The van der Waals surface area contributed by atoms with E-state index in [1.54, 1.807) is 24.7 Å². The summed E-state index contributed by atoms with van der Waals surface area (Å²) in [4.78, 5) is 32.5. The number of fused-ring (bicyclic) bond motifs is 1. The van der Waals surface area contributed by atoms with Crippen LogP contribution < -0.4 is 15.4 Å². The van der Waals surface area contributed by atoms with Gasteiger partial charge in [-0.05, 0) is 45.1 Å². The van der Waals surface area contributed by atoms with Crippen LogP contribution in [0.1, 0.15) is 64.9 Å².